The minimum absolute atomic E-state index is 0.00792. The summed E-state index contributed by atoms with van der Waals surface area (Å²) >= 11 is 1.93. The second kappa shape index (κ2) is 59.4. The summed E-state index contributed by atoms with van der Waals surface area (Å²) in [5.74, 6) is 8.48. The van der Waals surface area contributed by atoms with Crippen molar-refractivity contribution in [3.8, 4) is 23.3 Å². The lowest BCUT2D eigenvalue weighted by molar-refractivity contribution is -0.275. The van der Waals surface area contributed by atoms with Crippen LogP contribution in [0.25, 0.3) is 10.8 Å². The number of aromatic nitrogens is 4. The number of aryl methyl sites for hydroxylation is 4. The Morgan fingerprint density at radius 3 is 1.35 bits per heavy atom. The highest BCUT2D eigenvalue weighted by atomic mass is 32.2. The second-order valence-corrected chi connectivity index (χ2v) is 38.6. The molecule has 0 saturated carbocycles. The third-order valence-corrected chi connectivity index (χ3v) is 23.6. The fraction of sp³-hybridized carbons (Fsp3) is 0.374. The van der Waals surface area contributed by atoms with Gasteiger partial charge in [0, 0.05) is 60.2 Å². The predicted molar refractivity (Wildman–Crippen MR) is 547 cm³/mol. The number of pyridine rings is 3. The summed E-state index contributed by atoms with van der Waals surface area (Å²) in [6, 6.07) is 86.1. The summed E-state index contributed by atoms with van der Waals surface area (Å²) in [7, 11) is -0.995. The number of para-hydroxylation sites is 3. The van der Waals surface area contributed by atoms with E-state index in [2.05, 4.69) is 318 Å². The van der Waals surface area contributed by atoms with Gasteiger partial charge in [-0.25, -0.2) is 8.42 Å². The maximum atomic E-state index is 12.0. The van der Waals surface area contributed by atoms with Gasteiger partial charge in [-0.1, -0.05) is 353 Å². The Kier molecular flexibility index (Phi) is 51.7. The van der Waals surface area contributed by atoms with E-state index < -0.39 is 16.2 Å². The lowest BCUT2D eigenvalue weighted by Crippen LogP contribution is -2.18. The molecule has 0 aliphatic heterocycles. The van der Waals surface area contributed by atoms with Crippen LogP contribution in [-0.2, 0) is 16.9 Å². The third-order valence-electron chi connectivity index (χ3n) is 20.8. The zero-order valence-electron chi connectivity index (χ0n) is 82.8. The fourth-order valence-corrected chi connectivity index (χ4v) is 15.7. The van der Waals surface area contributed by atoms with Gasteiger partial charge in [0.1, 0.15) is 17.2 Å². The first-order valence-electron chi connectivity index (χ1n) is 45.6. The molecule has 692 valence electrons. The molecule has 0 fully saturated rings. The number of thioether (sulfide) groups is 1. The van der Waals surface area contributed by atoms with Crippen LogP contribution in [0.15, 0.2) is 302 Å². The van der Waals surface area contributed by atoms with Crippen LogP contribution in [-0.4, -0.2) is 45.8 Å². The van der Waals surface area contributed by atoms with Crippen LogP contribution >= 0.6 is 11.8 Å². The number of nitrogens with zero attached hydrogens (tertiary/aromatic N) is 5. The standard InChI is InChI=1S/C15H16O.C12H13N.C11H16O2S.C11H16S.2C11H16.C10H11F3O.C10H11N.C8H13N.2C8H11N/c1-12(2)14-10-6-7-11-15(14)16-13-8-4-3-5-9-13;1-9(2)12-11-6-4-3-5-10(11)7-8-13-12;1-4-14(12,13)11-8-6-5-7-10(11)9(2)3;1-4-12-11-8-6-5-7-10(11)9(2)3;1-8(2)11-6-9(3)5-10(4)7-11;1-8(2)11-7-5-6-9(3)10(11)4;1-7(2)8-5-3-4-6-9(8)14-10(11,12)13;1-8(2)10-6-4-3-5-9(10)7-11;1-7(2)8-5-4-6-9(8)3;1-7(2)8-3-5-9-6-4-8;1-7(2)8-4-3-5-9-6-8/h3-12H,1-2H3;3-9H,1-2H3;5-9H,4H2,1-3H3;5-9H,4H2,1-3H3;2*5-8H,1-4H3;3-7H,1-2H3;3-6,8H,1-2H3;4-7H,1-3H3;2*3-7H,1-2H3. The van der Waals surface area contributed by atoms with Crippen LogP contribution < -0.4 is 9.47 Å². The van der Waals surface area contributed by atoms with E-state index in [-0.39, 0.29) is 23.3 Å². The van der Waals surface area contributed by atoms with Crippen LogP contribution in [0.4, 0.5) is 13.2 Å². The van der Waals surface area contributed by atoms with Gasteiger partial charge < -0.3 is 14.0 Å². The van der Waals surface area contributed by atoms with E-state index >= 15 is 0 Å². The number of ether oxygens (including phenoxy) is 2. The van der Waals surface area contributed by atoms with Crippen molar-refractivity contribution < 1.29 is 31.1 Å². The van der Waals surface area contributed by atoms with Crippen molar-refractivity contribution >= 4 is 32.4 Å². The van der Waals surface area contributed by atoms with Gasteiger partial charge in [0.25, 0.3) is 0 Å². The molecule has 9 aromatic carbocycles. The quantitative estimate of drug-likeness (QED) is 0.0773. The Hall–Kier alpha value is -10.9. The van der Waals surface area contributed by atoms with Crippen LogP contribution in [0, 0.1) is 39.0 Å². The molecule has 0 amide bonds. The van der Waals surface area contributed by atoms with Crippen molar-refractivity contribution in [2.24, 2.45) is 7.05 Å². The number of alkyl halides is 3. The van der Waals surface area contributed by atoms with E-state index in [9.17, 15) is 21.6 Å². The Morgan fingerprint density at radius 2 is 0.899 bits per heavy atom. The Morgan fingerprint density at radius 1 is 0.419 bits per heavy atom. The van der Waals surface area contributed by atoms with Gasteiger partial charge in [-0.3, -0.25) is 15.0 Å². The maximum absolute atomic E-state index is 12.0. The van der Waals surface area contributed by atoms with Crippen LogP contribution in [0.1, 0.15) is 321 Å². The molecular weight excluding hydrogens is 1640 g/mol. The SMILES string of the molecule is CC(C)c1ccccc1C#N.CC(C)c1ccccc1OC(F)(F)F.CC(C)c1ccccc1Oc1ccccc1.CC(C)c1cccn1C.CC(C)c1cccnc1.CC(C)c1ccncc1.CC(C)c1nccc2ccccc12.CCS(=O)(=O)c1ccccc1C(C)C.CCSc1ccccc1C(C)C.Cc1cc(C)cc(C(C)C)c1.Cc1cccc(C(C)C)c1C. The van der Waals surface area contributed by atoms with E-state index in [1.807, 2.05) is 167 Å². The van der Waals surface area contributed by atoms with Gasteiger partial charge in [-0.15, -0.1) is 24.9 Å². The minimum Gasteiger partial charge on any atom is -0.457 e. The zero-order chi connectivity index (χ0) is 96.5. The van der Waals surface area contributed by atoms with Gasteiger partial charge in [-0.05, 0) is 244 Å². The monoisotopic (exact) mass is 1790 g/mol. The Balaban J connectivity index is 0.000000367. The van der Waals surface area contributed by atoms with Gasteiger partial charge in [0.2, 0.25) is 0 Å². The number of hydrogen-bond donors (Lipinski definition) is 0. The molecule has 0 bridgehead atoms. The van der Waals surface area contributed by atoms with Crippen molar-refractivity contribution in [1.29, 1.82) is 5.26 Å². The molecule has 0 spiro atoms. The highest BCUT2D eigenvalue weighted by Gasteiger charge is 2.32. The normalized spacial score (nSPS) is 10.8. The van der Waals surface area contributed by atoms with Crippen LogP contribution in [0.5, 0.6) is 17.2 Å². The van der Waals surface area contributed by atoms with Crippen LogP contribution in [0.3, 0.4) is 0 Å². The molecule has 0 aliphatic rings. The maximum Gasteiger partial charge on any atom is 0.573 e. The van der Waals surface area contributed by atoms with E-state index in [4.69, 9.17) is 10.00 Å². The lowest BCUT2D eigenvalue weighted by atomic mass is 9.95. The number of rotatable bonds is 18. The summed E-state index contributed by atoms with van der Waals surface area (Å²) in [5, 5.41) is 11.3. The lowest BCUT2D eigenvalue weighted by Gasteiger charge is -2.14. The topological polar surface area (TPSA) is 120 Å². The van der Waals surface area contributed by atoms with Gasteiger partial charge in [0.15, 0.2) is 9.84 Å². The Bertz CT molecular complexity index is 5370. The van der Waals surface area contributed by atoms with Gasteiger partial charge >= 0.3 is 6.36 Å². The smallest absolute Gasteiger partial charge is 0.457 e. The van der Waals surface area contributed by atoms with Gasteiger partial charge in [0.05, 0.1) is 28.0 Å². The summed E-state index contributed by atoms with van der Waals surface area (Å²) in [5.41, 5.74) is 19.9. The van der Waals surface area contributed by atoms with E-state index in [1.165, 1.54) is 94.8 Å². The molecule has 9 nitrogen and oxygen atoms in total. The minimum atomic E-state index is -4.62. The van der Waals surface area contributed by atoms with Crippen molar-refractivity contribution in [3.05, 3.63) is 381 Å². The fourth-order valence-electron chi connectivity index (χ4n) is 13.5. The first kappa shape index (κ1) is 112. The Labute approximate surface area is 781 Å². The summed E-state index contributed by atoms with van der Waals surface area (Å²) in [4.78, 5) is 14.3. The summed E-state index contributed by atoms with van der Waals surface area (Å²) in [6.45, 7) is 59.6. The average Bonchev–Trinajstić information content (AvgIpc) is 1.33. The average molecular weight is 1790 g/mol. The number of benzene rings is 9. The molecule has 0 atom stereocenters. The summed E-state index contributed by atoms with van der Waals surface area (Å²) in [6.07, 6.45) is 6.71. The molecule has 4 heterocycles. The molecular formula is C115H150F3N5O4S2. The molecule has 0 saturated heterocycles. The van der Waals surface area contributed by atoms with Crippen molar-refractivity contribution in [1.82, 2.24) is 19.5 Å². The molecule has 14 heteroatoms. The number of nitriles is 1. The molecule has 129 heavy (non-hydrogen) atoms. The molecule has 13 rings (SSSR count). The van der Waals surface area contributed by atoms with Crippen molar-refractivity contribution in [2.75, 3.05) is 11.5 Å². The molecule has 13 aromatic rings. The number of fused-ring (bicyclic) bond motifs is 1. The molecule has 0 aliphatic carbocycles. The van der Waals surface area contributed by atoms with E-state index in [0.717, 1.165) is 33.9 Å². The number of sulfone groups is 1. The van der Waals surface area contributed by atoms with Crippen molar-refractivity contribution in [2.45, 2.75) is 275 Å². The van der Waals surface area contributed by atoms with Crippen molar-refractivity contribution in [3.63, 3.8) is 0 Å². The second-order valence-electron chi connectivity index (χ2n) is 35.1. The molecule has 0 N–H and O–H groups in total. The predicted octanol–water partition coefficient (Wildman–Crippen LogP) is 34.3. The number of halogens is 3. The zero-order valence-corrected chi connectivity index (χ0v) is 84.4. The van der Waals surface area contributed by atoms with Crippen LogP contribution in [0.2, 0.25) is 0 Å². The highest BCUT2D eigenvalue weighted by Crippen LogP contribution is 2.34. The largest absolute Gasteiger partial charge is 0.573 e. The molecule has 4 aromatic heterocycles. The third kappa shape index (κ3) is 42.1. The van der Waals surface area contributed by atoms with E-state index in [1.54, 1.807) is 37.4 Å². The van der Waals surface area contributed by atoms with E-state index in [0.29, 0.717) is 63.7 Å². The first-order valence-corrected chi connectivity index (χ1v) is 48.2. The highest BCUT2D eigenvalue weighted by molar-refractivity contribution is 7.99. The molecule has 0 unspecified atom stereocenters. The van der Waals surface area contributed by atoms with Gasteiger partial charge in [-0.2, -0.15) is 5.26 Å². The summed E-state index contributed by atoms with van der Waals surface area (Å²) < 4.78 is 71.3. The first-order chi connectivity index (χ1) is 61.0. The number of hydrogen-bond acceptors (Lipinski definition) is 9. The molecule has 0 radical (unpaired) electrons.